The highest BCUT2D eigenvalue weighted by Crippen LogP contribution is 2.13. The fourth-order valence-corrected chi connectivity index (χ4v) is 2.15. The van der Waals surface area contributed by atoms with Crippen molar-refractivity contribution < 1.29 is 9.90 Å². The molecule has 0 unspecified atom stereocenters. The van der Waals surface area contributed by atoms with Crippen LogP contribution in [-0.4, -0.2) is 10.5 Å². The van der Waals surface area contributed by atoms with E-state index in [4.69, 9.17) is 0 Å². The number of hydrogen-bond acceptors (Lipinski definition) is 3. The predicted molar refractivity (Wildman–Crippen MR) is 70.6 cm³/mol. The second-order valence-corrected chi connectivity index (χ2v) is 4.61. The van der Waals surface area contributed by atoms with Gasteiger partial charge in [0.05, 0.1) is 11.5 Å². The number of pyridine rings is 1. The van der Waals surface area contributed by atoms with E-state index in [1.165, 1.54) is 4.57 Å². The van der Waals surface area contributed by atoms with Crippen molar-refractivity contribution in [2.45, 2.75) is 20.8 Å². The van der Waals surface area contributed by atoms with Gasteiger partial charge >= 0.3 is 0 Å². The first kappa shape index (κ1) is 13.1. The molecule has 0 saturated carbocycles. The van der Waals surface area contributed by atoms with E-state index in [0.717, 1.165) is 5.56 Å². The third kappa shape index (κ3) is 2.29. The number of carbonyl (C=O) groups is 1. The summed E-state index contributed by atoms with van der Waals surface area (Å²) >= 11 is 0. The zero-order valence-electron chi connectivity index (χ0n) is 11.1. The molecule has 0 radical (unpaired) electrons. The molecule has 0 spiro atoms. The van der Waals surface area contributed by atoms with Gasteiger partial charge in [0.25, 0.3) is 5.56 Å². The topological polar surface area (TPSA) is 62.1 Å². The second kappa shape index (κ2) is 4.72. The quantitative estimate of drug-likeness (QED) is 0.809. The maximum absolute atomic E-state index is 12.3. The van der Waals surface area contributed by atoms with Crippen LogP contribution in [0.3, 0.4) is 0 Å². The van der Waals surface area contributed by atoms with E-state index in [-0.39, 0.29) is 5.56 Å². The summed E-state index contributed by atoms with van der Waals surface area (Å²) in [7, 11) is 0. The van der Waals surface area contributed by atoms with E-state index in [2.05, 4.69) is 0 Å². The van der Waals surface area contributed by atoms with E-state index in [1.54, 1.807) is 32.0 Å². The fraction of sp³-hybridized carbons (Fsp3) is 0.200. The molecule has 4 heteroatoms. The van der Waals surface area contributed by atoms with Crippen LogP contribution in [0.15, 0.2) is 35.1 Å². The Morgan fingerprint density at radius 1 is 1.11 bits per heavy atom. The minimum atomic E-state index is -1.44. The minimum Gasteiger partial charge on any atom is -0.545 e. The van der Waals surface area contributed by atoms with Crippen LogP contribution in [0, 0.1) is 20.8 Å². The smallest absolute Gasteiger partial charge is 0.264 e. The maximum atomic E-state index is 12.3. The lowest BCUT2D eigenvalue weighted by molar-refractivity contribution is -0.255. The highest BCUT2D eigenvalue weighted by atomic mass is 16.4. The number of benzene rings is 1. The Labute approximate surface area is 110 Å². The number of aryl methyl sites for hydroxylation is 3. The van der Waals surface area contributed by atoms with Gasteiger partial charge in [-0.25, -0.2) is 0 Å². The van der Waals surface area contributed by atoms with Crippen LogP contribution in [0.2, 0.25) is 0 Å². The molecule has 0 saturated heterocycles. The van der Waals surface area contributed by atoms with Gasteiger partial charge in [0.2, 0.25) is 0 Å². The average molecular weight is 256 g/mol. The lowest BCUT2D eigenvalue weighted by Gasteiger charge is -2.15. The van der Waals surface area contributed by atoms with E-state index in [9.17, 15) is 14.7 Å². The van der Waals surface area contributed by atoms with Crippen molar-refractivity contribution in [3.05, 3.63) is 63.1 Å². The zero-order valence-corrected chi connectivity index (χ0v) is 11.1. The lowest BCUT2D eigenvalue weighted by Crippen LogP contribution is -2.35. The third-order valence-electron chi connectivity index (χ3n) is 3.09. The van der Waals surface area contributed by atoms with Crippen LogP contribution in [0.5, 0.6) is 0 Å². The molecule has 0 fully saturated rings. The second-order valence-electron chi connectivity index (χ2n) is 4.61. The predicted octanol–water partition coefficient (Wildman–Crippen LogP) is 1.13. The minimum absolute atomic E-state index is 0.286. The molecule has 1 aromatic carbocycles. The van der Waals surface area contributed by atoms with Crippen molar-refractivity contribution in [2.75, 3.05) is 0 Å². The largest absolute Gasteiger partial charge is 0.545 e. The van der Waals surface area contributed by atoms with Crippen LogP contribution in [0.1, 0.15) is 27.2 Å². The van der Waals surface area contributed by atoms with Crippen molar-refractivity contribution in [1.82, 2.24) is 4.57 Å². The Bertz CT molecular complexity index is 697. The SMILES string of the molecule is Cc1ccc(-n2c(C)cc(C)c(C(=O)[O-])c2=O)cc1. The van der Waals surface area contributed by atoms with Crippen molar-refractivity contribution >= 4 is 5.97 Å². The highest BCUT2D eigenvalue weighted by molar-refractivity contribution is 5.87. The highest BCUT2D eigenvalue weighted by Gasteiger charge is 2.12. The van der Waals surface area contributed by atoms with Gasteiger partial charge in [-0.2, -0.15) is 0 Å². The summed E-state index contributed by atoms with van der Waals surface area (Å²) < 4.78 is 1.39. The number of carboxylic acid groups (broad SMARTS) is 1. The van der Waals surface area contributed by atoms with Crippen LogP contribution in [0.25, 0.3) is 5.69 Å². The van der Waals surface area contributed by atoms with Crippen molar-refractivity contribution in [1.29, 1.82) is 0 Å². The summed E-state index contributed by atoms with van der Waals surface area (Å²) in [5.74, 6) is -1.44. The van der Waals surface area contributed by atoms with Gasteiger partial charge < -0.3 is 9.90 Å². The molecule has 4 nitrogen and oxygen atoms in total. The summed E-state index contributed by atoms with van der Waals surface area (Å²) in [5, 5.41) is 11.1. The summed E-state index contributed by atoms with van der Waals surface area (Å²) in [6, 6.07) is 9.00. The molecule has 19 heavy (non-hydrogen) atoms. The van der Waals surface area contributed by atoms with E-state index < -0.39 is 11.5 Å². The summed E-state index contributed by atoms with van der Waals surface area (Å²) in [5.41, 5.74) is 1.99. The van der Waals surface area contributed by atoms with Crippen LogP contribution < -0.4 is 10.7 Å². The van der Waals surface area contributed by atoms with Gasteiger partial charge in [-0.05, 0) is 44.5 Å². The molecule has 0 atom stereocenters. The number of nitrogens with zero attached hydrogens (tertiary/aromatic N) is 1. The molecule has 1 heterocycles. The number of hydrogen-bond donors (Lipinski definition) is 0. The van der Waals surface area contributed by atoms with E-state index in [0.29, 0.717) is 16.9 Å². The van der Waals surface area contributed by atoms with Gasteiger partial charge in [0.15, 0.2) is 0 Å². The molecule has 1 aromatic heterocycles. The number of rotatable bonds is 2. The number of carbonyl (C=O) groups excluding carboxylic acids is 1. The Kier molecular flexibility index (Phi) is 3.25. The van der Waals surface area contributed by atoms with Gasteiger partial charge in [0, 0.05) is 11.4 Å². The first-order valence-electron chi connectivity index (χ1n) is 5.93. The fourth-order valence-electron chi connectivity index (χ4n) is 2.15. The average Bonchev–Trinajstić information content (AvgIpc) is 2.30. The molecule has 98 valence electrons. The van der Waals surface area contributed by atoms with Gasteiger partial charge in [-0.1, -0.05) is 17.7 Å². The Hall–Kier alpha value is -2.36. The Morgan fingerprint density at radius 3 is 2.21 bits per heavy atom. The monoisotopic (exact) mass is 256 g/mol. The zero-order chi connectivity index (χ0) is 14.2. The molecule has 0 aliphatic rings. The van der Waals surface area contributed by atoms with Crippen molar-refractivity contribution in [3.63, 3.8) is 0 Å². The lowest BCUT2D eigenvalue weighted by atomic mass is 10.1. The maximum Gasteiger partial charge on any atom is 0.264 e. The first-order valence-corrected chi connectivity index (χ1v) is 5.93. The van der Waals surface area contributed by atoms with Crippen LogP contribution >= 0.6 is 0 Å². The molecular formula is C15H14NO3-. The molecule has 0 aliphatic heterocycles. The summed E-state index contributed by atoms with van der Waals surface area (Å²) in [6.07, 6.45) is 0. The first-order chi connectivity index (χ1) is 8.91. The number of aromatic nitrogens is 1. The van der Waals surface area contributed by atoms with Crippen LogP contribution in [-0.2, 0) is 0 Å². The summed E-state index contributed by atoms with van der Waals surface area (Å²) in [4.78, 5) is 23.3. The molecule has 0 bridgehead atoms. The Balaban J connectivity index is 2.77. The van der Waals surface area contributed by atoms with Crippen LogP contribution in [0.4, 0.5) is 0 Å². The number of aromatic carboxylic acids is 1. The Morgan fingerprint density at radius 2 is 1.68 bits per heavy atom. The molecule has 2 aromatic rings. The number of carboxylic acids is 1. The van der Waals surface area contributed by atoms with Gasteiger partial charge in [0.1, 0.15) is 0 Å². The molecular weight excluding hydrogens is 242 g/mol. The van der Waals surface area contributed by atoms with Crippen molar-refractivity contribution in [3.8, 4) is 5.69 Å². The van der Waals surface area contributed by atoms with E-state index >= 15 is 0 Å². The van der Waals surface area contributed by atoms with Gasteiger partial charge in [-0.3, -0.25) is 9.36 Å². The third-order valence-corrected chi connectivity index (χ3v) is 3.09. The molecule has 2 rings (SSSR count). The molecule has 0 aliphatic carbocycles. The van der Waals surface area contributed by atoms with Crippen molar-refractivity contribution in [2.24, 2.45) is 0 Å². The normalized spacial score (nSPS) is 10.5. The molecule has 0 amide bonds. The molecule has 0 N–H and O–H groups in total. The van der Waals surface area contributed by atoms with E-state index in [1.807, 2.05) is 19.1 Å². The standard InChI is InChI=1S/C15H15NO3/c1-9-4-6-12(7-5-9)16-11(3)8-10(2)13(14(16)17)15(18)19/h4-8H,1-3H3,(H,18,19)/p-1. The summed E-state index contributed by atoms with van der Waals surface area (Å²) in [6.45, 7) is 5.31. The van der Waals surface area contributed by atoms with Gasteiger partial charge in [-0.15, -0.1) is 0 Å².